The fourth-order valence-electron chi connectivity index (χ4n) is 1.20. The molecule has 0 bridgehead atoms. The van der Waals surface area contributed by atoms with Crippen molar-refractivity contribution in [2.45, 2.75) is 40.2 Å². The fourth-order valence-corrected chi connectivity index (χ4v) is 2.18. The average molecular weight is 275 g/mol. The van der Waals surface area contributed by atoms with Crippen LogP contribution < -0.4 is 5.32 Å². The van der Waals surface area contributed by atoms with E-state index in [-0.39, 0.29) is 11.9 Å². The molecule has 0 saturated carbocycles. The average Bonchev–Trinajstić information content (AvgIpc) is 2.77. The van der Waals surface area contributed by atoms with E-state index >= 15 is 0 Å². The zero-order valence-corrected chi connectivity index (χ0v) is 12.3. The Labute approximate surface area is 112 Å². The molecule has 1 unspecified atom stereocenters. The molecule has 3 nitrogen and oxygen atoms in total. The maximum atomic E-state index is 11.9. The van der Waals surface area contributed by atoms with Crippen molar-refractivity contribution in [2.24, 2.45) is 5.41 Å². The third kappa shape index (κ3) is 3.68. The highest BCUT2D eigenvalue weighted by molar-refractivity contribution is 7.11. The van der Waals surface area contributed by atoms with Crippen molar-refractivity contribution < 1.29 is 4.79 Å². The smallest absolute Gasteiger partial charge is 0.227 e. The number of aryl methyl sites for hydroxylation is 1. The molecule has 1 amide bonds. The number of thiazole rings is 1. The van der Waals surface area contributed by atoms with E-state index in [1.54, 1.807) is 11.3 Å². The van der Waals surface area contributed by atoms with E-state index < -0.39 is 5.41 Å². The first-order valence-electron chi connectivity index (χ1n) is 5.72. The molecule has 5 heteroatoms. The first-order chi connectivity index (χ1) is 7.90. The van der Waals surface area contributed by atoms with E-state index in [1.165, 1.54) is 4.88 Å². The van der Waals surface area contributed by atoms with E-state index in [0.29, 0.717) is 5.88 Å². The SMILES string of the molecule is CCc1cnc(C(C)NC(=O)C(C)(C)CCl)s1. The number of aromatic nitrogens is 1. The highest BCUT2D eigenvalue weighted by Crippen LogP contribution is 2.23. The van der Waals surface area contributed by atoms with Gasteiger partial charge in [-0.1, -0.05) is 6.92 Å². The van der Waals surface area contributed by atoms with E-state index in [4.69, 9.17) is 11.6 Å². The minimum absolute atomic E-state index is 0.0340. The van der Waals surface area contributed by atoms with Crippen molar-refractivity contribution in [2.75, 3.05) is 5.88 Å². The van der Waals surface area contributed by atoms with Crippen LogP contribution in [-0.2, 0) is 11.2 Å². The fraction of sp³-hybridized carbons (Fsp3) is 0.667. The monoisotopic (exact) mass is 274 g/mol. The number of carbonyl (C=O) groups is 1. The molecule has 1 N–H and O–H groups in total. The molecule has 1 rings (SSSR count). The van der Waals surface area contributed by atoms with Gasteiger partial charge in [0.05, 0.1) is 11.5 Å². The van der Waals surface area contributed by atoms with Crippen molar-refractivity contribution in [3.05, 3.63) is 16.1 Å². The molecule has 0 saturated heterocycles. The zero-order chi connectivity index (χ0) is 13.1. The highest BCUT2D eigenvalue weighted by atomic mass is 35.5. The van der Waals surface area contributed by atoms with Gasteiger partial charge < -0.3 is 5.32 Å². The molecule has 1 aromatic heterocycles. The summed E-state index contributed by atoms with van der Waals surface area (Å²) < 4.78 is 0. The predicted molar refractivity (Wildman–Crippen MR) is 72.6 cm³/mol. The number of nitrogens with one attached hydrogen (secondary N) is 1. The van der Waals surface area contributed by atoms with Crippen LogP contribution in [-0.4, -0.2) is 16.8 Å². The number of hydrogen-bond acceptors (Lipinski definition) is 3. The van der Waals surface area contributed by atoms with Crippen LogP contribution in [0.3, 0.4) is 0 Å². The molecular weight excluding hydrogens is 256 g/mol. The molecule has 1 atom stereocenters. The van der Waals surface area contributed by atoms with Gasteiger partial charge in [-0.3, -0.25) is 4.79 Å². The van der Waals surface area contributed by atoms with E-state index in [1.807, 2.05) is 27.0 Å². The second kappa shape index (κ2) is 5.83. The van der Waals surface area contributed by atoms with E-state index in [0.717, 1.165) is 11.4 Å². The minimum Gasteiger partial charge on any atom is -0.347 e. The molecule has 0 fully saturated rings. The molecule has 0 aromatic carbocycles. The lowest BCUT2D eigenvalue weighted by Crippen LogP contribution is -2.39. The summed E-state index contributed by atoms with van der Waals surface area (Å²) in [6, 6.07) is -0.0599. The number of amides is 1. The molecule has 0 aliphatic carbocycles. The van der Waals surface area contributed by atoms with Crippen LogP contribution in [0.5, 0.6) is 0 Å². The Morgan fingerprint density at radius 2 is 2.29 bits per heavy atom. The first-order valence-corrected chi connectivity index (χ1v) is 7.07. The second-order valence-electron chi connectivity index (χ2n) is 4.73. The Morgan fingerprint density at radius 3 is 2.76 bits per heavy atom. The summed E-state index contributed by atoms with van der Waals surface area (Å²) in [6.45, 7) is 7.71. The van der Waals surface area contributed by atoms with Gasteiger partial charge in [0.1, 0.15) is 5.01 Å². The van der Waals surface area contributed by atoms with E-state index in [2.05, 4.69) is 17.2 Å². The van der Waals surface area contributed by atoms with Crippen molar-refractivity contribution in [1.82, 2.24) is 10.3 Å². The van der Waals surface area contributed by atoms with Gasteiger partial charge in [-0.15, -0.1) is 22.9 Å². The molecule has 0 aliphatic rings. The number of alkyl halides is 1. The normalized spacial score (nSPS) is 13.5. The first kappa shape index (κ1) is 14.5. The lowest BCUT2D eigenvalue weighted by Gasteiger charge is -2.22. The van der Waals surface area contributed by atoms with Gasteiger partial charge in [0.15, 0.2) is 0 Å². The van der Waals surface area contributed by atoms with Crippen LogP contribution in [0, 0.1) is 5.41 Å². The number of nitrogens with zero attached hydrogens (tertiary/aromatic N) is 1. The van der Waals surface area contributed by atoms with Crippen molar-refractivity contribution in [3.8, 4) is 0 Å². The Balaban J connectivity index is 2.66. The summed E-state index contributed by atoms with van der Waals surface area (Å²) in [4.78, 5) is 17.5. The van der Waals surface area contributed by atoms with Crippen molar-refractivity contribution in [3.63, 3.8) is 0 Å². The predicted octanol–water partition coefficient (Wildman–Crippen LogP) is 3.15. The molecule has 17 heavy (non-hydrogen) atoms. The third-order valence-corrected chi connectivity index (χ3v) is 4.58. The molecule has 0 radical (unpaired) electrons. The van der Waals surface area contributed by atoms with Crippen LogP contribution in [0.25, 0.3) is 0 Å². The van der Waals surface area contributed by atoms with Crippen LogP contribution in [0.4, 0.5) is 0 Å². The van der Waals surface area contributed by atoms with Crippen LogP contribution in [0.2, 0.25) is 0 Å². The van der Waals surface area contributed by atoms with Gasteiger partial charge >= 0.3 is 0 Å². The number of carbonyl (C=O) groups excluding carboxylic acids is 1. The zero-order valence-electron chi connectivity index (χ0n) is 10.7. The van der Waals surface area contributed by atoms with Gasteiger partial charge in [0, 0.05) is 17.0 Å². The van der Waals surface area contributed by atoms with Gasteiger partial charge in [-0.05, 0) is 27.2 Å². The maximum absolute atomic E-state index is 11.9. The van der Waals surface area contributed by atoms with Crippen molar-refractivity contribution in [1.29, 1.82) is 0 Å². The molecule has 0 aliphatic heterocycles. The lowest BCUT2D eigenvalue weighted by atomic mass is 9.95. The second-order valence-corrected chi connectivity index (χ2v) is 6.15. The van der Waals surface area contributed by atoms with Gasteiger partial charge in [0.2, 0.25) is 5.91 Å². The lowest BCUT2D eigenvalue weighted by molar-refractivity contribution is -0.129. The largest absolute Gasteiger partial charge is 0.347 e. The number of halogens is 1. The van der Waals surface area contributed by atoms with Crippen LogP contribution >= 0.6 is 22.9 Å². The Morgan fingerprint density at radius 1 is 1.65 bits per heavy atom. The molecular formula is C12H19ClN2OS. The number of hydrogen-bond donors (Lipinski definition) is 1. The van der Waals surface area contributed by atoms with E-state index in [9.17, 15) is 4.79 Å². The molecule has 1 heterocycles. The standard InChI is InChI=1S/C12H19ClN2OS/c1-5-9-6-14-10(17-9)8(2)15-11(16)12(3,4)7-13/h6,8H,5,7H2,1-4H3,(H,15,16). The summed E-state index contributed by atoms with van der Waals surface area (Å²) in [7, 11) is 0. The highest BCUT2D eigenvalue weighted by Gasteiger charge is 2.28. The summed E-state index contributed by atoms with van der Waals surface area (Å²) in [5.41, 5.74) is -0.541. The summed E-state index contributed by atoms with van der Waals surface area (Å²) >= 11 is 7.41. The molecule has 96 valence electrons. The third-order valence-electron chi connectivity index (χ3n) is 2.59. The number of rotatable bonds is 5. The summed E-state index contributed by atoms with van der Waals surface area (Å²) in [5.74, 6) is 0.275. The summed E-state index contributed by atoms with van der Waals surface area (Å²) in [5, 5.41) is 3.89. The van der Waals surface area contributed by atoms with Gasteiger partial charge in [0.25, 0.3) is 0 Å². The Bertz CT molecular complexity index is 390. The topological polar surface area (TPSA) is 42.0 Å². The molecule has 0 spiro atoms. The maximum Gasteiger partial charge on any atom is 0.227 e. The van der Waals surface area contributed by atoms with Gasteiger partial charge in [-0.2, -0.15) is 0 Å². The quantitative estimate of drug-likeness (QED) is 0.838. The van der Waals surface area contributed by atoms with Crippen LogP contribution in [0.15, 0.2) is 6.20 Å². The van der Waals surface area contributed by atoms with Crippen molar-refractivity contribution >= 4 is 28.8 Å². The van der Waals surface area contributed by atoms with Gasteiger partial charge in [-0.25, -0.2) is 4.98 Å². The molecule has 1 aromatic rings. The Hall–Kier alpha value is -0.610. The van der Waals surface area contributed by atoms with Crippen LogP contribution in [0.1, 0.15) is 43.6 Å². The Kier molecular flexibility index (Phi) is 4.95. The summed E-state index contributed by atoms with van der Waals surface area (Å²) in [6.07, 6.45) is 2.85. The minimum atomic E-state index is -0.541.